The first-order valence-corrected chi connectivity index (χ1v) is 10.1. The number of anilines is 1. The lowest BCUT2D eigenvalue weighted by Crippen LogP contribution is -2.31. The number of nitrogens with zero attached hydrogens (tertiary/aromatic N) is 1. The van der Waals surface area contributed by atoms with Gasteiger partial charge in [0, 0.05) is 6.07 Å². The summed E-state index contributed by atoms with van der Waals surface area (Å²) in [6, 6.07) is 18.2. The number of rotatable bonds is 6. The number of imide groups is 1. The van der Waals surface area contributed by atoms with E-state index in [4.69, 9.17) is 9.15 Å². The van der Waals surface area contributed by atoms with Crippen LogP contribution in [0.5, 0.6) is 5.75 Å². The number of ether oxygens (including phenoxy) is 1. The first-order chi connectivity index (χ1) is 14.1. The van der Waals surface area contributed by atoms with Crippen molar-refractivity contribution in [2.75, 3.05) is 12.0 Å². The van der Waals surface area contributed by atoms with Crippen molar-refractivity contribution in [2.24, 2.45) is 0 Å². The summed E-state index contributed by atoms with van der Waals surface area (Å²) in [5.74, 6) is 1.11. The van der Waals surface area contributed by atoms with E-state index >= 15 is 0 Å². The van der Waals surface area contributed by atoms with Crippen LogP contribution in [0.25, 0.3) is 5.57 Å². The van der Waals surface area contributed by atoms with Crippen molar-refractivity contribution in [3.05, 3.63) is 88.7 Å². The smallest absolute Gasteiger partial charge is 0.272 e. The molecule has 2 heterocycles. The Labute approximate surface area is 173 Å². The van der Waals surface area contributed by atoms with E-state index in [0.717, 1.165) is 16.9 Å². The molecule has 0 saturated carbocycles. The van der Waals surface area contributed by atoms with Crippen molar-refractivity contribution < 1.29 is 18.7 Å². The molecular weight excluding hydrogens is 386 g/mol. The maximum absolute atomic E-state index is 13.3. The van der Waals surface area contributed by atoms with E-state index < -0.39 is 0 Å². The second kappa shape index (κ2) is 8.01. The molecule has 0 aliphatic carbocycles. The molecule has 0 N–H and O–H groups in total. The molecule has 146 valence electrons. The summed E-state index contributed by atoms with van der Waals surface area (Å²) in [5, 5.41) is 0. The molecule has 1 aliphatic rings. The average molecular weight is 405 g/mol. The summed E-state index contributed by atoms with van der Waals surface area (Å²) in [6.07, 6.45) is 1.59. The van der Waals surface area contributed by atoms with Gasteiger partial charge in [-0.05, 0) is 36.8 Å². The molecule has 2 amide bonds. The highest BCUT2D eigenvalue weighted by Gasteiger charge is 2.40. The minimum Gasteiger partial charge on any atom is -0.497 e. The van der Waals surface area contributed by atoms with Gasteiger partial charge in [0.1, 0.15) is 11.5 Å². The number of carbonyl (C=O) groups excluding carboxylic acids is 2. The molecule has 3 aromatic rings. The zero-order valence-corrected chi connectivity index (χ0v) is 16.9. The molecule has 2 aromatic carbocycles. The fourth-order valence-corrected chi connectivity index (χ4v) is 4.16. The predicted molar refractivity (Wildman–Crippen MR) is 114 cm³/mol. The third kappa shape index (κ3) is 3.71. The number of aryl methyl sites for hydroxylation is 1. The number of furan rings is 1. The van der Waals surface area contributed by atoms with Gasteiger partial charge in [0.05, 0.1) is 35.3 Å². The standard InChI is InChI=1S/C23H19NO4S/c1-15-8-10-16(11-9-15)20-21(29-14-19-7-4-12-28-19)23(26)24(22(20)25)17-5-3-6-18(13-17)27-2/h3-13H,14H2,1-2H3. The van der Waals surface area contributed by atoms with Crippen LogP contribution >= 0.6 is 11.8 Å². The van der Waals surface area contributed by atoms with Crippen molar-refractivity contribution in [1.29, 1.82) is 0 Å². The Kier molecular flexibility index (Phi) is 5.27. The Hall–Kier alpha value is -3.25. The Morgan fingerprint density at radius 2 is 1.79 bits per heavy atom. The second-order valence-electron chi connectivity index (χ2n) is 6.59. The van der Waals surface area contributed by atoms with Crippen LogP contribution in [-0.4, -0.2) is 18.9 Å². The molecule has 0 saturated heterocycles. The van der Waals surface area contributed by atoms with Crippen LogP contribution in [0.3, 0.4) is 0 Å². The first-order valence-electron chi connectivity index (χ1n) is 9.08. The predicted octanol–water partition coefficient (Wildman–Crippen LogP) is 4.81. The van der Waals surface area contributed by atoms with Crippen LogP contribution in [-0.2, 0) is 15.3 Å². The number of hydrogen-bond acceptors (Lipinski definition) is 5. The zero-order valence-electron chi connectivity index (χ0n) is 16.0. The molecular formula is C23H19NO4S. The Balaban J connectivity index is 1.75. The van der Waals surface area contributed by atoms with Crippen LogP contribution in [0.2, 0.25) is 0 Å². The van der Waals surface area contributed by atoms with Gasteiger partial charge in [-0.25, -0.2) is 4.90 Å². The number of carbonyl (C=O) groups is 2. The largest absolute Gasteiger partial charge is 0.497 e. The van der Waals surface area contributed by atoms with Crippen molar-refractivity contribution >= 4 is 34.8 Å². The first kappa shape index (κ1) is 19.1. The summed E-state index contributed by atoms with van der Waals surface area (Å²) >= 11 is 1.31. The van der Waals surface area contributed by atoms with Gasteiger partial charge in [-0.1, -0.05) is 35.9 Å². The monoisotopic (exact) mass is 405 g/mol. The normalized spacial score (nSPS) is 14.1. The van der Waals surface area contributed by atoms with Gasteiger partial charge < -0.3 is 9.15 Å². The maximum atomic E-state index is 13.3. The van der Waals surface area contributed by atoms with Gasteiger partial charge in [-0.3, -0.25) is 9.59 Å². The number of thioether (sulfide) groups is 1. The highest BCUT2D eigenvalue weighted by Crippen LogP contribution is 2.40. The van der Waals surface area contributed by atoms with Crippen molar-refractivity contribution in [3.63, 3.8) is 0 Å². The number of methoxy groups -OCH3 is 1. The highest BCUT2D eigenvalue weighted by atomic mass is 32.2. The Morgan fingerprint density at radius 1 is 1.00 bits per heavy atom. The molecule has 4 rings (SSSR count). The van der Waals surface area contributed by atoms with Crippen LogP contribution in [0, 0.1) is 6.92 Å². The maximum Gasteiger partial charge on any atom is 0.272 e. The van der Waals surface area contributed by atoms with Gasteiger partial charge in [0.25, 0.3) is 11.8 Å². The molecule has 0 unspecified atom stereocenters. The van der Waals surface area contributed by atoms with Gasteiger partial charge >= 0.3 is 0 Å². The van der Waals surface area contributed by atoms with Crippen molar-refractivity contribution in [1.82, 2.24) is 0 Å². The Morgan fingerprint density at radius 3 is 2.48 bits per heavy atom. The summed E-state index contributed by atoms with van der Waals surface area (Å²) in [6.45, 7) is 1.98. The van der Waals surface area contributed by atoms with Crippen LogP contribution < -0.4 is 9.64 Å². The van der Waals surface area contributed by atoms with Gasteiger partial charge in [-0.2, -0.15) is 0 Å². The van der Waals surface area contributed by atoms with E-state index in [1.54, 1.807) is 43.7 Å². The Bertz CT molecular complexity index is 1080. The summed E-state index contributed by atoms with van der Waals surface area (Å²) in [7, 11) is 1.55. The molecule has 6 heteroatoms. The highest BCUT2D eigenvalue weighted by molar-refractivity contribution is 8.03. The lowest BCUT2D eigenvalue weighted by Gasteiger charge is -2.16. The third-order valence-electron chi connectivity index (χ3n) is 4.63. The van der Waals surface area contributed by atoms with Crippen molar-refractivity contribution in [2.45, 2.75) is 12.7 Å². The zero-order chi connectivity index (χ0) is 20.4. The molecule has 0 spiro atoms. The van der Waals surface area contributed by atoms with Crippen molar-refractivity contribution in [3.8, 4) is 5.75 Å². The second-order valence-corrected chi connectivity index (χ2v) is 7.57. The number of hydrogen-bond donors (Lipinski definition) is 0. The topological polar surface area (TPSA) is 59.8 Å². The minimum absolute atomic E-state index is 0.338. The summed E-state index contributed by atoms with van der Waals surface area (Å²) in [5.41, 5.74) is 2.70. The van der Waals surface area contributed by atoms with E-state index in [0.29, 0.717) is 27.7 Å². The van der Waals surface area contributed by atoms with E-state index in [1.165, 1.54) is 16.7 Å². The van der Waals surface area contributed by atoms with E-state index in [9.17, 15) is 9.59 Å². The van der Waals surface area contributed by atoms with E-state index in [1.807, 2.05) is 37.3 Å². The molecule has 0 radical (unpaired) electrons. The lowest BCUT2D eigenvalue weighted by molar-refractivity contribution is -0.119. The minimum atomic E-state index is -0.339. The van der Waals surface area contributed by atoms with Crippen LogP contribution in [0.1, 0.15) is 16.9 Å². The molecule has 1 aromatic heterocycles. The fourth-order valence-electron chi connectivity index (χ4n) is 3.14. The fraction of sp³-hybridized carbons (Fsp3) is 0.130. The molecule has 0 bridgehead atoms. The van der Waals surface area contributed by atoms with Crippen LogP contribution in [0.15, 0.2) is 76.2 Å². The molecule has 5 nitrogen and oxygen atoms in total. The van der Waals surface area contributed by atoms with E-state index in [2.05, 4.69) is 0 Å². The third-order valence-corrected chi connectivity index (χ3v) is 5.73. The summed E-state index contributed by atoms with van der Waals surface area (Å²) < 4.78 is 10.6. The van der Waals surface area contributed by atoms with Gasteiger partial charge in [-0.15, -0.1) is 11.8 Å². The van der Waals surface area contributed by atoms with Gasteiger partial charge in [0.2, 0.25) is 0 Å². The molecule has 1 aliphatic heterocycles. The average Bonchev–Trinajstić information content (AvgIpc) is 3.33. The number of amides is 2. The SMILES string of the molecule is COc1cccc(N2C(=O)C(SCc3ccco3)=C(c3ccc(C)cc3)C2=O)c1. The lowest BCUT2D eigenvalue weighted by atomic mass is 10.0. The van der Waals surface area contributed by atoms with E-state index in [-0.39, 0.29) is 11.8 Å². The molecule has 0 atom stereocenters. The quantitative estimate of drug-likeness (QED) is 0.551. The summed E-state index contributed by atoms with van der Waals surface area (Å²) in [4.78, 5) is 28.2. The molecule has 29 heavy (non-hydrogen) atoms. The molecule has 0 fully saturated rings. The number of benzene rings is 2. The van der Waals surface area contributed by atoms with Gasteiger partial charge in [0.15, 0.2) is 0 Å². The van der Waals surface area contributed by atoms with Crippen LogP contribution in [0.4, 0.5) is 5.69 Å².